The fourth-order valence-electron chi connectivity index (χ4n) is 1.16. The van der Waals surface area contributed by atoms with Crippen LogP contribution in [0.2, 0.25) is 0 Å². The first-order valence-corrected chi connectivity index (χ1v) is 4.86. The van der Waals surface area contributed by atoms with Crippen molar-refractivity contribution in [2.45, 2.75) is 6.10 Å². The molecule has 1 atom stereocenters. The Balaban J connectivity index is 2.97. The van der Waals surface area contributed by atoms with Crippen LogP contribution in [0.15, 0.2) is 22.7 Å². The molecular weight excluding hydrogens is 250 g/mol. The van der Waals surface area contributed by atoms with Gasteiger partial charge in [-0.3, -0.25) is 0 Å². The third-order valence-corrected chi connectivity index (χ3v) is 2.33. The van der Waals surface area contributed by atoms with Crippen molar-refractivity contribution in [3.63, 3.8) is 0 Å². The van der Waals surface area contributed by atoms with Gasteiger partial charge < -0.3 is 15.1 Å². The lowest BCUT2D eigenvalue weighted by Gasteiger charge is -2.14. The fraction of sp³-hybridized carbons (Fsp3) is 0.333. The van der Waals surface area contributed by atoms with Crippen molar-refractivity contribution in [2.75, 3.05) is 13.7 Å². The Hall–Kier alpha value is -0.620. The van der Waals surface area contributed by atoms with Gasteiger partial charge in [0.25, 0.3) is 0 Å². The van der Waals surface area contributed by atoms with Crippen LogP contribution in [-0.2, 0) is 0 Å². The molecule has 14 heavy (non-hydrogen) atoms. The molecule has 0 spiro atoms. The van der Waals surface area contributed by atoms with E-state index in [1.54, 1.807) is 12.1 Å². The molecule has 1 unspecified atom stereocenters. The lowest BCUT2D eigenvalue weighted by atomic mass is 10.1. The van der Waals surface area contributed by atoms with E-state index >= 15 is 0 Å². The number of hydrogen-bond donors (Lipinski definition) is 3. The van der Waals surface area contributed by atoms with Gasteiger partial charge in [0.1, 0.15) is 5.75 Å². The summed E-state index contributed by atoms with van der Waals surface area (Å²) in [4.78, 5) is 0. The number of halogens is 1. The van der Waals surface area contributed by atoms with Crippen LogP contribution in [-0.4, -0.2) is 24.0 Å². The number of hydrogen-bond acceptors (Lipinski definition) is 4. The van der Waals surface area contributed by atoms with Crippen LogP contribution in [0.3, 0.4) is 0 Å². The van der Waals surface area contributed by atoms with E-state index in [-0.39, 0.29) is 6.54 Å². The molecule has 0 aliphatic rings. The molecule has 0 radical (unpaired) electrons. The zero-order chi connectivity index (χ0) is 10.6. The first-order chi connectivity index (χ1) is 6.69. The van der Waals surface area contributed by atoms with Crippen LogP contribution in [0.1, 0.15) is 11.7 Å². The number of benzene rings is 1. The van der Waals surface area contributed by atoms with Gasteiger partial charge in [0.15, 0.2) is 0 Å². The molecule has 1 aromatic rings. The Labute approximate surface area is 90.6 Å². The Kier molecular flexibility index (Phi) is 4.34. The Morgan fingerprint density at radius 2 is 2.29 bits per heavy atom. The van der Waals surface area contributed by atoms with Gasteiger partial charge >= 0.3 is 0 Å². The third kappa shape index (κ3) is 2.68. The summed E-state index contributed by atoms with van der Waals surface area (Å²) >= 11 is 3.30. The summed E-state index contributed by atoms with van der Waals surface area (Å²) in [5.41, 5.74) is 2.54. The predicted molar refractivity (Wildman–Crippen MR) is 55.4 cm³/mol. The highest BCUT2D eigenvalue weighted by molar-refractivity contribution is 9.10. The molecule has 4 nitrogen and oxygen atoms in total. The van der Waals surface area contributed by atoms with Gasteiger partial charge in [-0.15, -0.1) is 0 Å². The van der Waals surface area contributed by atoms with Crippen molar-refractivity contribution in [3.05, 3.63) is 28.2 Å². The second-order valence-electron chi connectivity index (χ2n) is 2.76. The normalized spacial score (nSPS) is 12.6. The number of ether oxygens (including phenoxy) is 1. The van der Waals surface area contributed by atoms with Crippen molar-refractivity contribution in [3.8, 4) is 5.75 Å². The van der Waals surface area contributed by atoms with E-state index in [1.807, 2.05) is 11.5 Å². The largest absolute Gasteiger partial charge is 0.496 e. The van der Waals surface area contributed by atoms with Crippen molar-refractivity contribution in [1.29, 1.82) is 0 Å². The van der Waals surface area contributed by atoms with Gasteiger partial charge in [0, 0.05) is 10.0 Å². The van der Waals surface area contributed by atoms with Crippen molar-refractivity contribution in [1.82, 2.24) is 5.48 Å². The molecular formula is C9H12BrNO3. The molecule has 3 N–H and O–H groups in total. The monoisotopic (exact) mass is 261 g/mol. The summed E-state index contributed by atoms with van der Waals surface area (Å²) < 4.78 is 5.93. The number of hydroxylamine groups is 1. The van der Waals surface area contributed by atoms with Gasteiger partial charge in [-0.05, 0) is 18.2 Å². The highest BCUT2D eigenvalue weighted by atomic mass is 79.9. The number of nitrogens with one attached hydrogen (secondary N) is 1. The minimum atomic E-state index is -0.799. The van der Waals surface area contributed by atoms with Gasteiger partial charge in [-0.1, -0.05) is 15.9 Å². The molecule has 78 valence electrons. The van der Waals surface area contributed by atoms with Crippen LogP contribution < -0.4 is 10.2 Å². The van der Waals surface area contributed by atoms with Crippen LogP contribution in [0, 0.1) is 0 Å². The lowest BCUT2D eigenvalue weighted by Crippen LogP contribution is -2.17. The Bertz CT molecular complexity index is 306. The standard InChI is InChI=1S/C9H12BrNO3/c1-14-9-3-2-6(10)4-7(9)8(12)5-11-13/h2-4,8,11-13H,5H2,1H3. The topological polar surface area (TPSA) is 61.7 Å². The van der Waals surface area contributed by atoms with Crippen LogP contribution >= 0.6 is 15.9 Å². The number of rotatable bonds is 4. The van der Waals surface area contributed by atoms with E-state index in [4.69, 9.17) is 9.94 Å². The van der Waals surface area contributed by atoms with Crippen LogP contribution in [0.25, 0.3) is 0 Å². The van der Waals surface area contributed by atoms with Gasteiger partial charge in [0.05, 0.1) is 19.8 Å². The van der Waals surface area contributed by atoms with E-state index in [2.05, 4.69) is 15.9 Å². The van der Waals surface area contributed by atoms with E-state index in [9.17, 15) is 5.11 Å². The fourth-order valence-corrected chi connectivity index (χ4v) is 1.54. The van der Waals surface area contributed by atoms with E-state index in [0.29, 0.717) is 11.3 Å². The van der Waals surface area contributed by atoms with Gasteiger partial charge in [0.2, 0.25) is 0 Å². The van der Waals surface area contributed by atoms with Gasteiger partial charge in [-0.2, -0.15) is 0 Å². The lowest BCUT2D eigenvalue weighted by molar-refractivity contribution is 0.0906. The number of aliphatic hydroxyl groups excluding tert-OH is 1. The van der Waals surface area contributed by atoms with E-state index < -0.39 is 6.10 Å². The maximum atomic E-state index is 9.63. The maximum absolute atomic E-state index is 9.63. The summed E-state index contributed by atoms with van der Waals surface area (Å²) in [5.74, 6) is 0.593. The molecule has 0 heterocycles. The second-order valence-corrected chi connectivity index (χ2v) is 3.68. The Morgan fingerprint density at radius 1 is 1.57 bits per heavy atom. The average molecular weight is 262 g/mol. The van der Waals surface area contributed by atoms with E-state index in [1.165, 1.54) is 7.11 Å². The molecule has 0 saturated carbocycles. The molecule has 1 rings (SSSR count). The Morgan fingerprint density at radius 3 is 2.86 bits per heavy atom. The first kappa shape index (κ1) is 11.5. The molecule has 1 aromatic carbocycles. The third-order valence-electron chi connectivity index (χ3n) is 1.84. The van der Waals surface area contributed by atoms with Crippen molar-refractivity contribution >= 4 is 15.9 Å². The summed E-state index contributed by atoms with van der Waals surface area (Å²) in [5, 5.41) is 18.1. The van der Waals surface area contributed by atoms with Gasteiger partial charge in [-0.25, -0.2) is 5.48 Å². The molecule has 0 amide bonds. The molecule has 0 bridgehead atoms. The van der Waals surface area contributed by atoms with Crippen molar-refractivity contribution < 1.29 is 15.1 Å². The summed E-state index contributed by atoms with van der Waals surface area (Å²) in [6, 6.07) is 5.32. The maximum Gasteiger partial charge on any atom is 0.124 e. The summed E-state index contributed by atoms with van der Waals surface area (Å²) in [7, 11) is 1.53. The average Bonchev–Trinajstić information content (AvgIpc) is 2.18. The van der Waals surface area contributed by atoms with Crippen LogP contribution in [0.5, 0.6) is 5.75 Å². The SMILES string of the molecule is COc1ccc(Br)cc1C(O)CNO. The molecule has 0 fully saturated rings. The highest BCUT2D eigenvalue weighted by Gasteiger charge is 2.12. The minimum absolute atomic E-state index is 0.0623. The quantitative estimate of drug-likeness (QED) is 0.719. The molecule has 0 aliphatic carbocycles. The molecule has 0 aliphatic heterocycles. The molecule has 5 heteroatoms. The molecule has 0 aromatic heterocycles. The number of methoxy groups -OCH3 is 1. The van der Waals surface area contributed by atoms with E-state index in [0.717, 1.165) is 4.47 Å². The second kappa shape index (κ2) is 5.31. The number of aliphatic hydroxyl groups is 1. The predicted octanol–water partition coefficient (Wildman–Crippen LogP) is 1.47. The zero-order valence-electron chi connectivity index (χ0n) is 7.70. The summed E-state index contributed by atoms with van der Waals surface area (Å²) in [6.07, 6.45) is -0.799. The summed E-state index contributed by atoms with van der Waals surface area (Å²) in [6.45, 7) is 0.0623. The highest BCUT2D eigenvalue weighted by Crippen LogP contribution is 2.27. The smallest absolute Gasteiger partial charge is 0.124 e. The first-order valence-electron chi connectivity index (χ1n) is 4.07. The zero-order valence-corrected chi connectivity index (χ0v) is 9.28. The minimum Gasteiger partial charge on any atom is -0.496 e. The van der Waals surface area contributed by atoms with Crippen LogP contribution in [0.4, 0.5) is 0 Å². The van der Waals surface area contributed by atoms with Crippen molar-refractivity contribution in [2.24, 2.45) is 0 Å². The molecule has 0 saturated heterocycles.